The minimum absolute atomic E-state index is 0.102. The number of carbonyl (C=O) groups excluding carboxylic acids is 4. The van der Waals surface area contributed by atoms with Gasteiger partial charge in [-0.25, -0.2) is 4.79 Å². The highest BCUT2D eigenvalue weighted by atomic mass is 32.2. The maximum absolute atomic E-state index is 12.8. The molecular formula is C18H31N5O9S. The highest BCUT2D eigenvalue weighted by Gasteiger charge is 2.30. The van der Waals surface area contributed by atoms with E-state index in [1.807, 2.05) is 0 Å². The van der Waals surface area contributed by atoms with Gasteiger partial charge in [0.15, 0.2) is 0 Å². The lowest BCUT2D eigenvalue weighted by Crippen LogP contribution is -2.57. The van der Waals surface area contributed by atoms with Crippen LogP contribution < -0.4 is 27.4 Å². The van der Waals surface area contributed by atoms with Crippen LogP contribution in [0.25, 0.3) is 0 Å². The number of carboxylic acids is 2. The van der Waals surface area contributed by atoms with E-state index in [1.165, 1.54) is 11.8 Å². The first-order valence-corrected chi connectivity index (χ1v) is 11.3. The Morgan fingerprint density at radius 3 is 1.79 bits per heavy atom. The third-order valence-electron chi connectivity index (χ3n) is 4.36. The van der Waals surface area contributed by atoms with Crippen molar-refractivity contribution in [1.29, 1.82) is 0 Å². The summed E-state index contributed by atoms with van der Waals surface area (Å²) in [5.41, 5.74) is 10.7. The molecule has 0 saturated carbocycles. The van der Waals surface area contributed by atoms with Crippen molar-refractivity contribution in [3.8, 4) is 0 Å². The Morgan fingerprint density at radius 2 is 1.33 bits per heavy atom. The maximum Gasteiger partial charge on any atom is 0.328 e. The topological polar surface area (TPSA) is 251 Å². The fourth-order valence-electron chi connectivity index (χ4n) is 2.48. The van der Waals surface area contributed by atoms with Crippen molar-refractivity contribution in [2.24, 2.45) is 11.5 Å². The van der Waals surface area contributed by atoms with Crippen molar-refractivity contribution in [3.63, 3.8) is 0 Å². The van der Waals surface area contributed by atoms with E-state index in [4.69, 9.17) is 26.8 Å². The number of carbonyl (C=O) groups is 6. The molecule has 0 fully saturated rings. The van der Waals surface area contributed by atoms with Crippen LogP contribution in [0, 0.1) is 0 Å². The number of carboxylic acid groups (broad SMARTS) is 2. The number of primary amides is 1. The molecule has 0 aliphatic heterocycles. The number of aliphatic hydroxyl groups is 1. The SMILES string of the molecule is CSCCC(NC(=O)C(CCC(N)=O)NC(=O)C(N)CCC(=O)O)C(=O)NC(CO)C(=O)O. The predicted octanol–water partition coefficient (Wildman–Crippen LogP) is -3.27. The van der Waals surface area contributed by atoms with Crippen LogP contribution in [0.1, 0.15) is 32.1 Å². The van der Waals surface area contributed by atoms with Gasteiger partial charge in [-0.05, 0) is 31.3 Å². The molecule has 4 unspecified atom stereocenters. The van der Waals surface area contributed by atoms with Crippen molar-refractivity contribution in [2.75, 3.05) is 18.6 Å². The summed E-state index contributed by atoms with van der Waals surface area (Å²) in [7, 11) is 0. The van der Waals surface area contributed by atoms with Gasteiger partial charge in [0.1, 0.15) is 18.1 Å². The molecule has 4 amide bonds. The second-order valence-electron chi connectivity index (χ2n) is 7.03. The van der Waals surface area contributed by atoms with E-state index < -0.39 is 66.3 Å². The standard InChI is InChI=1S/C18H31N5O9S/c1-33-7-6-11(17(30)23-12(8-24)18(31)32)22-16(29)10(3-4-13(20)25)21-15(28)9(19)2-5-14(26)27/h9-12,24H,2-8,19H2,1H3,(H2,20,25)(H,21,28)(H,22,29)(H,23,30)(H,26,27)(H,31,32). The molecule has 33 heavy (non-hydrogen) atoms. The third-order valence-corrected chi connectivity index (χ3v) is 5.00. The molecule has 15 heteroatoms. The number of aliphatic carboxylic acids is 2. The average molecular weight is 494 g/mol. The van der Waals surface area contributed by atoms with Gasteiger partial charge in [-0.3, -0.25) is 24.0 Å². The number of thioether (sulfide) groups is 1. The summed E-state index contributed by atoms with van der Waals surface area (Å²) in [5, 5.41) is 33.6. The minimum Gasteiger partial charge on any atom is -0.481 e. The van der Waals surface area contributed by atoms with Crippen molar-refractivity contribution >= 4 is 47.3 Å². The Morgan fingerprint density at radius 1 is 0.818 bits per heavy atom. The summed E-state index contributed by atoms with van der Waals surface area (Å²) in [6.45, 7) is -0.865. The number of nitrogens with two attached hydrogens (primary N) is 2. The van der Waals surface area contributed by atoms with Gasteiger partial charge in [0.25, 0.3) is 0 Å². The van der Waals surface area contributed by atoms with Crippen LogP contribution in [-0.4, -0.2) is 93.7 Å². The lowest BCUT2D eigenvalue weighted by molar-refractivity contribution is -0.143. The van der Waals surface area contributed by atoms with Gasteiger partial charge >= 0.3 is 11.9 Å². The molecule has 14 nitrogen and oxygen atoms in total. The molecule has 0 aromatic rings. The van der Waals surface area contributed by atoms with E-state index in [2.05, 4.69) is 16.0 Å². The van der Waals surface area contributed by atoms with Gasteiger partial charge in [-0.2, -0.15) is 11.8 Å². The fourth-order valence-corrected chi connectivity index (χ4v) is 2.95. The van der Waals surface area contributed by atoms with E-state index in [9.17, 15) is 28.8 Å². The molecule has 188 valence electrons. The van der Waals surface area contributed by atoms with Crippen LogP contribution in [0.5, 0.6) is 0 Å². The zero-order chi connectivity index (χ0) is 25.6. The summed E-state index contributed by atoms with van der Waals surface area (Å²) in [6.07, 6.45) is 0.783. The van der Waals surface area contributed by atoms with E-state index in [0.29, 0.717) is 5.75 Å². The predicted molar refractivity (Wildman–Crippen MR) is 117 cm³/mol. The van der Waals surface area contributed by atoms with E-state index in [0.717, 1.165) is 0 Å². The Hall–Kier alpha value is -2.91. The molecule has 0 bridgehead atoms. The van der Waals surface area contributed by atoms with Gasteiger partial charge in [0, 0.05) is 12.8 Å². The zero-order valence-corrected chi connectivity index (χ0v) is 18.9. The van der Waals surface area contributed by atoms with Crippen molar-refractivity contribution in [2.45, 2.75) is 56.3 Å². The van der Waals surface area contributed by atoms with Crippen LogP contribution in [0.4, 0.5) is 0 Å². The smallest absolute Gasteiger partial charge is 0.328 e. The van der Waals surface area contributed by atoms with Crippen molar-refractivity contribution in [3.05, 3.63) is 0 Å². The third kappa shape index (κ3) is 12.6. The van der Waals surface area contributed by atoms with Crippen LogP contribution >= 0.6 is 11.8 Å². The van der Waals surface area contributed by atoms with Crippen LogP contribution in [-0.2, 0) is 28.8 Å². The van der Waals surface area contributed by atoms with Gasteiger partial charge in [0.2, 0.25) is 23.6 Å². The summed E-state index contributed by atoms with van der Waals surface area (Å²) >= 11 is 1.36. The number of hydrogen-bond acceptors (Lipinski definition) is 9. The normalized spacial score (nSPS) is 14.3. The zero-order valence-electron chi connectivity index (χ0n) is 18.1. The number of aliphatic hydroxyl groups excluding tert-OH is 1. The molecule has 0 spiro atoms. The summed E-state index contributed by atoms with van der Waals surface area (Å²) in [5.74, 6) is -5.52. The fraction of sp³-hybridized carbons (Fsp3) is 0.667. The first-order valence-electron chi connectivity index (χ1n) is 9.92. The number of hydrogen-bond donors (Lipinski definition) is 8. The van der Waals surface area contributed by atoms with Gasteiger partial charge in [0.05, 0.1) is 12.6 Å². The van der Waals surface area contributed by atoms with Crippen LogP contribution in [0.3, 0.4) is 0 Å². The quantitative estimate of drug-likeness (QED) is 0.0997. The summed E-state index contributed by atoms with van der Waals surface area (Å²) in [4.78, 5) is 70.4. The highest BCUT2D eigenvalue weighted by Crippen LogP contribution is 2.06. The average Bonchev–Trinajstić information content (AvgIpc) is 2.74. The maximum atomic E-state index is 12.8. The van der Waals surface area contributed by atoms with E-state index in [1.54, 1.807) is 6.26 Å². The lowest BCUT2D eigenvalue weighted by atomic mass is 10.1. The van der Waals surface area contributed by atoms with Gasteiger partial charge in [-0.15, -0.1) is 0 Å². The molecular weight excluding hydrogens is 462 g/mol. The lowest BCUT2D eigenvalue weighted by Gasteiger charge is -2.24. The van der Waals surface area contributed by atoms with E-state index in [-0.39, 0.29) is 32.1 Å². The van der Waals surface area contributed by atoms with Gasteiger partial charge in [-0.1, -0.05) is 0 Å². The Bertz CT molecular complexity index is 721. The highest BCUT2D eigenvalue weighted by molar-refractivity contribution is 7.98. The largest absolute Gasteiger partial charge is 0.481 e. The van der Waals surface area contributed by atoms with Crippen molar-refractivity contribution < 1.29 is 44.1 Å². The molecule has 10 N–H and O–H groups in total. The molecule has 0 radical (unpaired) electrons. The van der Waals surface area contributed by atoms with Gasteiger partial charge < -0.3 is 42.7 Å². The molecule has 0 saturated heterocycles. The number of nitrogens with one attached hydrogen (secondary N) is 3. The molecule has 0 aliphatic carbocycles. The Labute approximate surface area is 194 Å². The summed E-state index contributed by atoms with van der Waals surface area (Å²) in [6, 6.07) is -5.34. The molecule has 0 aromatic heterocycles. The number of amides is 4. The molecule has 0 heterocycles. The molecule has 0 aromatic carbocycles. The Balaban J connectivity index is 5.41. The molecule has 0 aliphatic rings. The minimum atomic E-state index is -1.58. The van der Waals surface area contributed by atoms with Crippen LogP contribution in [0.15, 0.2) is 0 Å². The molecule has 4 atom stereocenters. The second-order valence-corrected chi connectivity index (χ2v) is 8.02. The van der Waals surface area contributed by atoms with E-state index >= 15 is 0 Å². The monoisotopic (exact) mass is 493 g/mol. The Kier molecular flexibility index (Phi) is 14.4. The first-order chi connectivity index (χ1) is 15.4. The molecule has 0 rings (SSSR count). The second kappa shape index (κ2) is 15.8. The summed E-state index contributed by atoms with van der Waals surface area (Å²) < 4.78 is 0. The first kappa shape index (κ1) is 30.1. The van der Waals surface area contributed by atoms with Crippen LogP contribution in [0.2, 0.25) is 0 Å². The van der Waals surface area contributed by atoms with Crippen molar-refractivity contribution in [1.82, 2.24) is 16.0 Å². The number of rotatable bonds is 17.